The molecule has 0 aliphatic carbocycles. The smallest absolute Gasteiger partial charge is 0.257 e. The average Bonchev–Trinajstić information content (AvgIpc) is 3.42. The summed E-state index contributed by atoms with van der Waals surface area (Å²) in [6.45, 7) is 3.57. The predicted molar refractivity (Wildman–Crippen MR) is 112 cm³/mol. The van der Waals surface area contributed by atoms with Crippen molar-refractivity contribution in [2.24, 2.45) is 0 Å². The van der Waals surface area contributed by atoms with Crippen LogP contribution in [0, 0.1) is 0 Å². The number of hydrogen-bond donors (Lipinski definition) is 0. The van der Waals surface area contributed by atoms with E-state index in [-0.39, 0.29) is 30.2 Å². The van der Waals surface area contributed by atoms with Gasteiger partial charge in [-0.3, -0.25) is 19.3 Å². The molecule has 2 saturated heterocycles. The van der Waals surface area contributed by atoms with E-state index in [0.717, 1.165) is 12.8 Å². The molecule has 9 heteroatoms. The van der Waals surface area contributed by atoms with E-state index in [0.29, 0.717) is 43.7 Å². The molecular formula is C22H26N6O3. The summed E-state index contributed by atoms with van der Waals surface area (Å²) in [5.74, 6) is -0.0427. The van der Waals surface area contributed by atoms with Crippen LogP contribution in [0.1, 0.15) is 55.4 Å². The Kier molecular flexibility index (Phi) is 4.75. The van der Waals surface area contributed by atoms with Gasteiger partial charge in [-0.1, -0.05) is 12.1 Å². The highest BCUT2D eigenvalue weighted by Gasteiger charge is 2.52. The third-order valence-corrected chi connectivity index (χ3v) is 6.92. The molecule has 1 unspecified atom stereocenters. The van der Waals surface area contributed by atoms with Crippen molar-refractivity contribution in [3.05, 3.63) is 42.5 Å². The lowest BCUT2D eigenvalue weighted by atomic mass is 9.98. The Hall–Kier alpha value is -3.23. The topological polar surface area (TPSA) is 91.6 Å². The zero-order valence-electron chi connectivity index (χ0n) is 17.6. The Labute approximate surface area is 180 Å². The van der Waals surface area contributed by atoms with Gasteiger partial charge in [0.05, 0.1) is 17.3 Å². The van der Waals surface area contributed by atoms with Crippen LogP contribution in [0.25, 0.3) is 0 Å². The summed E-state index contributed by atoms with van der Waals surface area (Å²) in [7, 11) is 0. The number of carbonyl (C=O) groups is 3. The number of benzene rings is 1. The van der Waals surface area contributed by atoms with Gasteiger partial charge in [-0.15, -0.1) is 0 Å². The molecule has 2 aromatic rings. The van der Waals surface area contributed by atoms with Gasteiger partial charge >= 0.3 is 0 Å². The van der Waals surface area contributed by atoms with Gasteiger partial charge in [0.1, 0.15) is 18.3 Å². The number of piperidine rings is 1. The van der Waals surface area contributed by atoms with Crippen LogP contribution in [-0.2, 0) is 9.59 Å². The van der Waals surface area contributed by atoms with Gasteiger partial charge in [0.15, 0.2) is 0 Å². The molecule has 4 heterocycles. The number of para-hydroxylation sites is 1. The highest BCUT2D eigenvalue weighted by atomic mass is 16.2. The van der Waals surface area contributed by atoms with Crippen molar-refractivity contribution in [1.82, 2.24) is 24.6 Å². The minimum Gasteiger partial charge on any atom is -0.342 e. The van der Waals surface area contributed by atoms with E-state index < -0.39 is 5.66 Å². The van der Waals surface area contributed by atoms with Gasteiger partial charge < -0.3 is 9.80 Å². The second kappa shape index (κ2) is 7.47. The predicted octanol–water partition coefficient (Wildman–Crippen LogP) is 1.83. The average molecular weight is 422 g/mol. The lowest BCUT2D eigenvalue weighted by Crippen LogP contribution is -2.62. The van der Waals surface area contributed by atoms with Gasteiger partial charge in [-0.05, 0) is 38.3 Å². The molecule has 3 amide bonds. The molecule has 0 radical (unpaired) electrons. The fourth-order valence-corrected chi connectivity index (χ4v) is 5.19. The molecule has 1 atom stereocenters. The molecular weight excluding hydrogens is 396 g/mol. The molecule has 3 aliphatic heterocycles. The molecule has 3 aliphatic rings. The standard InChI is InChI=1S/C22H26N6O3/c1-22-10-6-20(30)28(22)18-5-3-2-4-17(18)21(31)26(22)13-9-19(29)25-11-7-16(8-12-25)27-15-23-14-24-27/h2-5,14-16H,6-13H2,1H3. The first-order chi connectivity index (χ1) is 15.0. The SMILES string of the molecule is CC12CCC(=O)N1c1ccccc1C(=O)N2CCC(=O)N1CCC(n2cncn2)CC1. The van der Waals surface area contributed by atoms with Crippen molar-refractivity contribution < 1.29 is 14.4 Å². The monoisotopic (exact) mass is 422 g/mol. The summed E-state index contributed by atoms with van der Waals surface area (Å²) in [6, 6.07) is 7.51. The molecule has 0 N–H and O–H groups in total. The summed E-state index contributed by atoms with van der Waals surface area (Å²) in [5.41, 5.74) is 0.481. The number of rotatable bonds is 4. The zero-order valence-corrected chi connectivity index (χ0v) is 17.6. The molecule has 162 valence electrons. The molecule has 31 heavy (non-hydrogen) atoms. The van der Waals surface area contributed by atoms with Crippen molar-refractivity contribution in [3.63, 3.8) is 0 Å². The summed E-state index contributed by atoms with van der Waals surface area (Å²) in [4.78, 5) is 48.2. The normalized spacial score (nSPS) is 23.8. The van der Waals surface area contributed by atoms with E-state index in [1.54, 1.807) is 22.2 Å². The van der Waals surface area contributed by atoms with Crippen molar-refractivity contribution >= 4 is 23.4 Å². The van der Waals surface area contributed by atoms with E-state index in [2.05, 4.69) is 10.1 Å². The highest BCUT2D eigenvalue weighted by Crippen LogP contribution is 2.44. The second-order valence-corrected chi connectivity index (χ2v) is 8.66. The van der Waals surface area contributed by atoms with Crippen LogP contribution < -0.4 is 4.90 Å². The number of fused-ring (bicyclic) bond motifs is 3. The third kappa shape index (κ3) is 3.19. The lowest BCUT2D eigenvalue weighted by Gasteiger charge is -2.48. The molecule has 2 fully saturated rings. The molecule has 9 nitrogen and oxygen atoms in total. The van der Waals surface area contributed by atoms with Crippen LogP contribution in [0.2, 0.25) is 0 Å². The first kappa shape index (κ1) is 19.7. The molecule has 0 spiro atoms. The van der Waals surface area contributed by atoms with E-state index in [9.17, 15) is 14.4 Å². The zero-order chi connectivity index (χ0) is 21.6. The molecule has 0 bridgehead atoms. The van der Waals surface area contributed by atoms with E-state index in [1.165, 1.54) is 6.33 Å². The quantitative estimate of drug-likeness (QED) is 0.750. The first-order valence-electron chi connectivity index (χ1n) is 10.8. The van der Waals surface area contributed by atoms with Crippen LogP contribution >= 0.6 is 0 Å². The second-order valence-electron chi connectivity index (χ2n) is 8.66. The van der Waals surface area contributed by atoms with Crippen molar-refractivity contribution in [2.45, 2.75) is 50.7 Å². The van der Waals surface area contributed by atoms with Crippen LogP contribution in [0.3, 0.4) is 0 Å². The number of carbonyl (C=O) groups excluding carboxylic acids is 3. The fraction of sp³-hybridized carbons (Fsp3) is 0.500. The fourth-order valence-electron chi connectivity index (χ4n) is 5.19. The van der Waals surface area contributed by atoms with Crippen LogP contribution in [0.5, 0.6) is 0 Å². The Bertz CT molecular complexity index is 1010. The van der Waals surface area contributed by atoms with Crippen LogP contribution in [0.4, 0.5) is 5.69 Å². The summed E-state index contributed by atoms with van der Waals surface area (Å²) in [6.07, 6.45) is 6.15. The summed E-state index contributed by atoms with van der Waals surface area (Å²) in [5, 5.41) is 4.20. The summed E-state index contributed by atoms with van der Waals surface area (Å²) >= 11 is 0. The Balaban J connectivity index is 1.27. The van der Waals surface area contributed by atoms with Gasteiger partial charge in [0.2, 0.25) is 11.8 Å². The molecule has 1 aromatic carbocycles. The number of anilines is 1. The number of hydrogen-bond acceptors (Lipinski definition) is 5. The van der Waals surface area contributed by atoms with Crippen LogP contribution in [-0.4, -0.2) is 67.6 Å². The third-order valence-electron chi connectivity index (χ3n) is 6.92. The first-order valence-corrected chi connectivity index (χ1v) is 10.8. The van der Waals surface area contributed by atoms with E-state index in [4.69, 9.17) is 0 Å². The Morgan fingerprint density at radius 3 is 2.71 bits per heavy atom. The van der Waals surface area contributed by atoms with Crippen molar-refractivity contribution in [3.8, 4) is 0 Å². The maximum absolute atomic E-state index is 13.3. The molecule has 0 saturated carbocycles. The number of aromatic nitrogens is 3. The van der Waals surface area contributed by atoms with Crippen LogP contribution in [0.15, 0.2) is 36.9 Å². The summed E-state index contributed by atoms with van der Waals surface area (Å²) < 4.78 is 1.86. The van der Waals surface area contributed by atoms with Gasteiger partial charge in [-0.2, -0.15) is 5.10 Å². The Morgan fingerprint density at radius 2 is 1.97 bits per heavy atom. The van der Waals surface area contributed by atoms with E-state index in [1.807, 2.05) is 34.7 Å². The number of nitrogens with zero attached hydrogens (tertiary/aromatic N) is 6. The minimum absolute atomic E-state index is 0.0222. The van der Waals surface area contributed by atoms with Gasteiger partial charge in [-0.25, -0.2) is 9.67 Å². The number of likely N-dealkylation sites (tertiary alicyclic amines) is 1. The maximum atomic E-state index is 13.3. The van der Waals surface area contributed by atoms with Gasteiger partial charge in [0, 0.05) is 32.5 Å². The molecule has 1 aromatic heterocycles. The van der Waals surface area contributed by atoms with Gasteiger partial charge in [0.25, 0.3) is 5.91 Å². The maximum Gasteiger partial charge on any atom is 0.257 e. The van der Waals surface area contributed by atoms with Crippen molar-refractivity contribution in [2.75, 3.05) is 24.5 Å². The Morgan fingerprint density at radius 1 is 1.19 bits per heavy atom. The minimum atomic E-state index is -0.719. The largest absolute Gasteiger partial charge is 0.342 e. The van der Waals surface area contributed by atoms with Crippen molar-refractivity contribution in [1.29, 1.82) is 0 Å². The lowest BCUT2D eigenvalue weighted by molar-refractivity contribution is -0.132. The number of amides is 3. The van der Waals surface area contributed by atoms with E-state index >= 15 is 0 Å². The highest BCUT2D eigenvalue weighted by molar-refractivity contribution is 6.10. The molecule has 5 rings (SSSR count).